The molecular weight excluding hydrogens is 202 g/mol. The number of halogens is 1. The van der Waals surface area contributed by atoms with Crippen molar-refractivity contribution in [2.45, 2.75) is 6.92 Å². The summed E-state index contributed by atoms with van der Waals surface area (Å²) in [5, 5.41) is 9.57. The van der Waals surface area contributed by atoms with Crippen LogP contribution in [0.1, 0.15) is 17.3 Å². The van der Waals surface area contributed by atoms with Gasteiger partial charge in [-0.05, 0) is 25.1 Å². The van der Waals surface area contributed by atoms with Gasteiger partial charge in [-0.2, -0.15) is 0 Å². The van der Waals surface area contributed by atoms with Crippen LogP contribution in [0.2, 0.25) is 5.02 Å². The van der Waals surface area contributed by atoms with Crippen LogP contribution in [0, 0.1) is 0 Å². The molecule has 1 aromatic carbocycles. The molecule has 0 aliphatic heterocycles. The molecule has 3 nitrogen and oxygen atoms in total. The van der Waals surface area contributed by atoms with Crippen LogP contribution < -0.4 is 0 Å². The lowest BCUT2D eigenvalue weighted by molar-refractivity contribution is 0.0802. The number of carbonyl (C=O) groups excluding carboxylic acids is 1. The molecule has 14 heavy (non-hydrogen) atoms. The predicted molar refractivity (Wildman–Crippen MR) is 55.8 cm³/mol. The highest BCUT2D eigenvalue weighted by Crippen LogP contribution is 2.22. The second kappa shape index (κ2) is 4.33. The Kier molecular flexibility index (Phi) is 3.36. The lowest BCUT2D eigenvalue weighted by atomic mass is 10.2. The summed E-state index contributed by atoms with van der Waals surface area (Å²) in [5.74, 6) is -0.143. The number of benzene rings is 1. The third-order valence-electron chi connectivity index (χ3n) is 2.00. The van der Waals surface area contributed by atoms with E-state index < -0.39 is 0 Å². The molecule has 0 aliphatic rings. The molecule has 0 atom stereocenters. The smallest absolute Gasteiger partial charge is 0.255 e. The van der Waals surface area contributed by atoms with E-state index in [2.05, 4.69) is 0 Å². The van der Waals surface area contributed by atoms with Gasteiger partial charge in [-0.1, -0.05) is 11.6 Å². The summed E-state index contributed by atoms with van der Waals surface area (Å²) in [4.78, 5) is 13.2. The van der Waals surface area contributed by atoms with Crippen molar-refractivity contribution in [2.75, 3.05) is 13.6 Å². The number of hydrogen-bond donors (Lipinski definition) is 1. The van der Waals surface area contributed by atoms with Gasteiger partial charge in [0.05, 0.1) is 10.6 Å². The third-order valence-corrected chi connectivity index (χ3v) is 2.33. The van der Waals surface area contributed by atoms with Crippen molar-refractivity contribution in [2.24, 2.45) is 0 Å². The molecule has 4 heteroatoms. The second-order valence-electron chi connectivity index (χ2n) is 2.98. The van der Waals surface area contributed by atoms with Crippen LogP contribution in [-0.2, 0) is 0 Å². The van der Waals surface area contributed by atoms with Gasteiger partial charge in [-0.3, -0.25) is 4.79 Å². The predicted octanol–water partition coefficient (Wildman–Crippen LogP) is 2.14. The highest BCUT2D eigenvalue weighted by atomic mass is 35.5. The van der Waals surface area contributed by atoms with E-state index in [0.29, 0.717) is 17.1 Å². The third kappa shape index (κ3) is 2.17. The summed E-state index contributed by atoms with van der Waals surface area (Å²) in [7, 11) is 1.68. The Bertz CT molecular complexity index is 352. The topological polar surface area (TPSA) is 40.5 Å². The highest BCUT2D eigenvalue weighted by Gasteiger charge is 2.14. The minimum absolute atomic E-state index is 0.0438. The molecule has 1 amide bonds. The zero-order valence-electron chi connectivity index (χ0n) is 8.12. The molecule has 0 heterocycles. The number of rotatable bonds is 2. The van der Waals surface area contributed by atoms with Crippen LogP contribution in [0.4, 0.5) is 0 Å². The molecule has 0 aliphatic carbocycles. The van der Waals surface area contributed by atoms with Crippen molar-refractivity contribution in [1.29, 1.82) is 0 Å². The highest BCUT2D eigenvalue weighted by molar-refractivity contribution is 6.33. The molecule has 0 saturated heterocycles. The minimum atomic E-state index is -0.187. The standard InChI is InChI=1S/C10H12ClNO2/c1-3-12(2)10(14)8-6-7(13)4-5-9(8)11/h4-6,13H,3H2,1-2H3. The Labute approximate surface area is 87.9 Å². The van der Waals surface area contributed by atoms with Gasteiger partial charge in [0, 0.05) is 13.6 Å². The number of phenolic OH excluding ortho intramolecular Hbond substituents is 1. The lowest BCUT2D eigenvalue weighted by Gasteiger charge is -2.15. The van der Waals surface area contributed by atoms with Crippen LogP contribution in [0.3, 0.4) is 0 Å². The molecule has 0 unspecified atom stereocenters. The van der Waals surface area contributed by atoms with E-state index in [1.54, 1.807) is 7.05 Å². The maximum absolute atomic E-state index is 11.7. The van der Waals surface area contributed by atoms with Gasteiger partial charge in [-0.25, -0.2) is 0 Å². The summed E-state index contributed by atoms with van der Waals surface area (Å²) >= 11 is 5.83. The van der Waals surface area contributed by atoms with Crippen LogP contribution in [0.15, 0.2) is 18.2 Å². The average molecular weight is 214 g/mol. The zero-order chi connectivity index (χ0) is 10.7. The molecule has 0 spiro atoms. The van der Waals surface area contributed by atoms with Crippen LogP contribution >= 0.6 is 11.6 Å². The van der Waals surface area contributed by atoms with Gasteiger partial charge >= 0.3 is 0 Å². The fourth-order valence-corrected chi connectivity index (χ4v) is 1.22. The summed E-state index contributed by atoms with van der Waals surface area (Å²) in [6, 6.07) is 4.33. The number of phenols is 1. The Hall–Kier alpha value is -1.22. The number of amides is 1. The minimum Gasteiger partial charge on any atom is -0.508 e. The molecule has 1 rings (SSSR count). The largest absolute Gasteiger partial charge is 0.508 e. The Morgan fingerprint density at radius 1 is 1.57 bits per heavy atom. The molecule has 0 bridgehead atoms. The molecular formula is C10H12ClNO2. The molecule has 0 fully saturated rings. The van der Waals surface area contributed by atoms with E-state index >= 15 is 0 Å². The molecule has 0 saturated carbocycles. The van der Waals surface area contributed by atoms with Gasteiger partial charge in [-0.15, -0.1) is 0 Å². The Balaban J connectivity index is 3.06. The molecule has 1 aromatic rings. The first-order chi connectivity index (χ1) is 6.56. The van der Waals surface area contributed by atoms with E-state index in [1.807, 2.05) is 6.92 Å². The summed E-state index contributed by atoms with van der Waals surface area (Å²) < 4.78 is 0. The fraction of sp³-hybridized carbons (Fsp3) is 0.300. The Morgan fingerprint density at radius 2 is 2.21 bits per heavy atom. The quantitative estimate of drug-likeness (QED) is 0.818. The van der Waals surface area contributed by atoms with E-state index in [0.717, 1.165) is 0 Å². The summed E-state index contributed by atoms with van der Waals surface area (Å²) in [5.41, 5.74) is 0.330. The van der Waals surface area contributed by atoms with Crippen molar-refractivity contribution in [3.8, 4) is 5.75 Å². The Morgan fingerprint density at radius 3 is 2.79 bits per heavy atom. The average Bonchev–Trinajstić information content (AvgIpc) is 2.19. The first kappa shape index (κ1) is 10.9. The van der Waals surface area contributed by atoms with E-state index in [4.69, 9.17) is 11.6 Å². The SMILES string of the molecule is CCN(C)C(=O)c1cc(O)ccc1Cl. The first-order valence-electron chi connectivity index (χ1n) is 4.30. The van der Waals surface area contributed by atoms with E-state index in [1.165, 1.54) is 23.1 Å². The number of hydrogen-bond acceptors (Lipinski definition) is 2. The fourth-order valence-electron chi connectivity index (χ4n) is 1.03. The van der Waals surface area contributed by atoms with Gasteiger partial charge in [0.25, 0.3) is 5.91 Å². The zero-order valence-corrected chi connectivity index (χ0v) is 8.88. The van der Waals surface area contributed by atoms with Crippen molar-refractivity contribution >= 4 is 17.5 Å². The summed E-state index contributed by atoms with van der Waals surface area (Å²) in [6.45, 7) is 2.47. The molecule has 0 aromatic heterocycles. The van der Waals surface area contributed by atoms with E-state index in [9.17, 15) is 9.90 Å². The van der Waals surface area contributed by atoms with Crippen molar-refractivity contribution < 1.29 is 9.90 Å². The van der Waals surface area contributed by atoms with Crippen LogP contribution in [0.5, 0.6) is 5.75 Å². The maximum atomic E-state index is 11.7. The lowest BCUT2D eigenvalue weighted by Crippen LogP contribution is -2.26. The van der Waals surface area contributed by atoms with Crippen molar-refractivity contribution in [3.63, 3.8) is 0 Å². The van der Waals surface area contributed by atoms with Gasteiger partial charge in [0.15, 0.2) is 0 Å². The van der Waals surface area contributed by atoms with Gasteiger partial charge in [0.2, 0.25) is 0 Å². The molecule has 1 N–H and O–H groups in total. The normalized spacial score (nSPS) is 9.93. The summed E-state index contributed by atoms with van der Waals surface area (Å²) in [6.07, 6.45) is 0. The monoisotopic (exact) mass is 213 g/mol. The second-order valence-corrected chi connectivity index (χ2v) is 3.39. The molecule has 76 valence electrons. The maximum Gasteiger partial charge on any atom is 0.255 e. The number of aromatic hydroxyl groups is 1. The van der Waals surface area contributed by atoms with Crippen LogP contribution in [0.25, 0.3) is 0 Å². The van der Waals surface area contributed by atoms with Gasteiger partial charge < -0.3 is 10.0 Å². The first-order valence-corrected chi connectivity index (χ1v) is 4.68. The van der Waals surface area contributed by atoms with Crippen molar-refractivity contribution in [1.82, 2.24) is 4.90 Å². The number of nitrogens with zero attached hydrogens (tertiary/aromatic N) is 1. The van der Waals surface area contributed by atoms with E-state index in [-0.39, 0.29) is 11.7 Å². The number of carbonyl (C=O) groups is 1. The van der Waals surface area contributed by atoms with Gasteiger partial charge in [0.1, 0.15) is 5.75 Å². The van der Waals surface area contributed by atoms with Crippen LogP contribution in [-0.4, -0.2) is 29.5 Å². The molecule has 0 radical (unpaired) electrons. The van der Waals surface area contributed by atoms with Crippen molar-refractivity contribution in [3.05, 3.63) is 28.8 Å².